The van der Waals surface area contributed by atoms with Gasteiger partial charge in [-0.15, -0.1) is 11.3 Å². The molecule has 9 heteroatoms. The molecule has 1 saturated heterocycles. The van der Waals surface area contributed by atoms with Gasteiger partial charge in [0.05, 0.1) is 18.5 Å². The number of hydrogen-bond donors (Lipinski definition) is 1. The van der Waals surface area contributed by atoms with E-state index in [4.69, 9.17) is 14.2 Å². The SMILES string of the molecule is COC(=O)CN1CCN(CCOc2ccc(Oc3c(-c4ccc(Br)cc4)sc4cc(O)ccc34)cc2)CC1. The van der Waals surface area contributed by atoms with E-state index in [9.17, 15) is 9.90 Å². The van der Waals surface area contributed by atoms with Crippen molar-refractivity contribution in [3.63, 3.8) is 0 Å². The van der Waals surface area contributed by atoms with Crippen LogP contribution < -0.4 is 9.47 Å². The summed E-state index contributed by atoms with van der Waals surface area (Å²) in [7, 11) is 1.42. The van der Waals surface area contributed by atoms with Crippen LogP contribution in [0, 0.1) is 0 Å². The van der Waals surface area contributed by atoms with E-state index < -0.39 is 0 Å². The number of carbonyl (C=O) groups is 1. The van der Waals surface area contributed by atoms with Gasteiger partial charge in [-0.25, -0.2) is 0 Å². The Balaban J connectivity index is 1.20. The number of halogens is 1. The van der Waals surface area contributed by atoms with Crippen molar-refractivity contribution in [2.45, 2.75) is 0 Å². The highest BCUT2D eigenvalue weighted by Crippen LogP contribution is 2.47. The number of benzene rings is 3. The number of rotatable bonds is 9. The number of phenolic OH excluding ortho intramolecular Hbond substituents is 1. The van der Waals surface area contributed by atoms with E-state index in [-0.39, 0.29) is 11.7 Å². The molecule has 1 N–H and O–H groups in total. The third-order valence-electron chi connectivity index (χ3n) is 6.50. The summed E-state index contributed by atoms with van der Waals surface area (Å²) in [4.78, 5) is 16.9. The van der Waals surface area contributed by atoms with E-state index in [0.29, 0.717) is 18.9 Å². The molecule has 2 heterocycles. The highest BCUT2D eigenvalue weighted by Gasteiger charge is 2.19. The maximum atomic E-state index is 11.4. The van der Waals surface area contributed by atoms with Gasteiger partial charge in [0.1, 0.15) is 23.9 Å². The van der Waals surface area contributed by atoms with Crippen LogP contribution in [0.15, 0.2) is 71.2 Å². The molecule has 0 spiro atoms. The van der Waals surface area contributed by atoms with Crippen LogP contribution in [0.3, 0.4) is 0 Å². The van der Waals surface area contributed by atoms with Crippen LogP contribution >= 0.6 is 27.3 Å². The first-order valence-corrected chi connectivity index (χ1v) is 14.0. The van der Waals surface area contributed by atoms with E-state index in [1.807, 2.05) is 42.5 Å². The van der Waals surface area contributed by atoms with E-state index in [1.54, 1.807) is 23.5 Å². The number of carbonyl (C=O) groups excluding carboxylic acids is 1. The summed E-state index contributed by atoms with van der Waals surface area (Å²) in [6, 6.07) is 21.1. The Labute approximate surface area is 234 Å². The average molecular weight is 598 g/mol. The minimum absolute atomic E-state index is 0.190. The van der Waals surface area contributed by atoms with Gasteiger partial charge in [0.25, 0.3) is 0 Å². The summed E-state index contributed by atoms with van der Waals surface area (Å²) < 4.78 is 19.1. The van der Waals surface area contributed by atoms with E-state index in [2.05, 4.69) is 37.9 Å². The number of aromatic hydroxyl groups is 1. The van der Waals surface area contributed by atoms with Gasteiger partial charge >= 0.3 is 5.97 Å². The summed E-state index contributed by atoms with van der Waals surface area (Å²) in [5.74, 6) is 2.31. The molecule has 1 aliphatic rings. The van der Waals surface area contributed by atoms with Crippen molar-refractivity contribution < 1.29 is 24.1 Å². The lowest BCUT2D eigenvalue weighted by atomic mass is 10.1. The average Bonchev–Trinajstić information content (AvgIpc) is 3.28. The number of phenols is 1. The molecule has 5 rings (SSSR count). The number of methoxy groups -OCH3 is 1. The fourth-order valence-corrected chi connectivity index (χ4v) is 5.82. The molecule has 1 fully saturated rings. The monoisotopic (exact) mass is 596 g/mol. The van der Waals surface area contributed by atoms with Crippen molar-refractivity contribution in [2.24, 2.45) is 0 Å². The largest absolute Gasteiger partial charge is 0.508 e. The normalized spacial score (nSPS) is 14.5. The Morgan fingerprint density at radius 1 is 0.947 bits per heavy atom. The number of hydrogen-bond acceptors (Lipinski definition) is 8. The van der Waals surface area contributed by atoms with Crippen LogP contribution in [0.25, 0.3) is 20.5 Å². The Morgan fingerprint density at radius 3 is 2.34 bits per heavy atom. The second-order valence-electron chi connectivity index (χ2n) is 9.06. The molecule has 0 radical (unpaired) electrons. The maximum absolute atomic E-state index is 11.4. The van der Waals surface area contributed by atoms with Gasteiger partial charge < -0.3 is 19.3 Å². The molecule has 1 aliphatic heterocycles. The molecule has 0 saturated carbocycles. The van der Waals surface area contributed by atoms with Crippen LogP contribution in [-0.4, -0.2) is 73.9 Å². The van der Waals surface area contributed by atoms with Crippen molar-refractivity contribution in [2.75, 3.05) is 53.0 Å². The summed E-state index contributed by atoms with van der Waals surface area (Å²) in [6.07, 6.45) is 0. The van der Waals surface area contributed by atoms with Gasteiger partial charge in [-0.1, -0.05) is 28.1 Å². The molecule has 3 aromatic carbocycles. The Morgan fingerprint density at radius 2 is 1.63 bits per heavy atom. The van der Waals surface area contributed by atoms with Crippen LogP contribution in [0.1, 0.15) is 0 Å². The first-order valence-electron chi connectivity index (χ1n) is 12.4. The summed E-state index contributed by atoms with van der Waals surface area (Å²) in [6.45, 7) is 5.27. The summed E-state index contributed by atoms with van der Waals surface area (Å²) in [5, 5.41) is 10.9. The zero-order valence-corrected chi connectivity index (χ0v) is 23.5. The van der Waals surface area contributed by atoms with Crippen LogP contribution in [0.2, 0.25) is 0 Å². The maximum Gasteiger partial charge on any atom is 0.319 e. The molecular formula is C29H29BrN2O5S. The van der Waals surface area contributed by atoms with Crippen LogP contribution in [0.4, 0.5) is 0 Å². The Hall–Kier alpha value is -3.11. The highest BCUT2D eigenvalue weighted by atomic mass is 79.9. The summed E-state index contributed by atoms with van der Waals surface area (Å²) >= 11 is 5.09. The van der Waals surface area contributed by atoms with Crippen molar-refractivity contribution in [3.05, 3.63) is 71.2 Å². The molecule has 4 aromatic rings. The molecule has 7 nitrogen and oxygen atoms in total. The molecule has 0 aliphatic carbocycles. The lowest BCUT2D eigenvalue weighted by Crippen LogP contribution is -2.48. The number of thiophene rings is 1. The molecule has 38 heavy (non-hydrogen) atoms. The number of fused-ring (bicyclic) bond motifs is 1. The number of piperazine rings is 1. The molecule has 0 atom stereocenters. The molecule has 0 amide bonds. The minimum atomic E-state index is -0.190. The standard InChI is InChI=1S/C29H29BrN2O5S/c1-35-27(34)19-32-14-12-31(13-15-32)16-17-36-23-7-9-24(10-8-23)37-28-25-11-6-22(33)18-26(25)38-29(28)20-2-4-21(30)5-3-20/h2-11,18,33H,12-17,19H2,1H3. The van der Waals surface area contributed by atoms with Crippen molar-refractivity contribution in [1.29, 1.82) is 0 Å². The smallest absolute Gasteiger partial charge is 0.319 e. The van der Waals surface area contributed by atoms with Gasteiger partial charge in [-0.3, -0.25) is 14.6 Å². The highest BCUT2D eigenvalue weighted by molar-refractivity contribution is 9.10. The fourth-order valence-electron chi connectivity index (χ4n) is 4.39. The molecule has 198 valence electrons. The predicted octanol–water partition coefficient (Wildman–Crippen LogP) is 6.00. The van der Waals surface area contributed by atoms with Crippen LogP contribution in [0.5, 0.6) is 23.0 Å². The van der Waals surface area contributed by atoms with E-state index in [1.165, 1.54) is 7.11 Å². The number of nitrogens with zero attached hydrogens (tertiary/aromatic N) is 2. The van der Waals surface area contributed by atoms with Crippen molar-refractivity contribution in [3.8, 4) is 33.4 Å². The molecule has 0 unspecified atom stereocenters. The third kappa shape index (κ3) is 6.47. The quantitative estimate of drug-likeness (QED) is 0.238. The predicted molar refractivity (Wildman–Crippen MR) is 154 cm³/mol. The zero-order valence-electron chi connectivity index (χ0n) is 21.1. The number of ether oxygens (including phenoxy) is 3. The molecule has 1 aromatic heterocycles. The second-order valence-corrected chi connectivity index (χ2v) is 11.0. The van der Waals surface area contributed by atoms with Gasteiger partial charge in [0.15, 0.2) is 5.75 Å². The molecular weight excluding hydrogens is 568 g/mol. The lowest BCUT2D eigenvalue weighted by Gasteiger charge is -2.33. The van der Waals surface area contributed by atoms with E-state index in [0.717, 1.165) is 69.2 Å². The third-order valence-corrected chi connectivity index (χ3v) is 8.21. The van der Waals surface area contributed by atoms with Gasteiger partial charge in [-0.05, 0) is 60.2 Å². The Kier molecular flexibility index (Phi) is 8.48. The first-order chi connectivity index (χ1) is 18.5. The van der Waals surface area contributed by atoms with Crippen LogP contribution in [-0.2, 0) is 9.53 Å². The van der Waals surface area contributed by atoms with Gasteiger partial charge in [0, 0.05) is 47.3 Å². The van der Waals surface area contributed by atoms with Gasteiger partial charge in [0.2, 0.25) is 0 Å². The second kappa shape index (κ2) is 12.2. The Bertz CT molecular complexity index is 1380. The van der Waals surface area contributed by atoms with Crippen molar-refractivity contribution >= 4 is 43.3 Å². The summed E-state index contributed by atoms with van der Waals surface area (Å²) in [5.41, 5.74) is 1.05. The topological polar surface area (TPSA) is 71.5 Å². The molecule has 0 bridgehead atoms. The van der Waals surface area contributed by atoms with Gasteiger partial charge in [-0.2, -0.15) is 0 Å². The number of esters is 1. The van der Waals surface area contributed by atoms with E-state index >= 15 is 0 Å². The van der Waals surface area contributed by atoms with Crippen molar-refractivity contribution in [1.82, 2.24) is 9.80 Å². The lowest BCUT2D eigenvalue weighted by molar-refractivity contribution is -0.142. The zero-order chi connectivity index (χ0) is 26.5. The fraction of sp³-hybridized carbons (Fsp3) is 0.276. The first kappa shape index (κ1) is 26.5. The minimum Gasteiger partial charge on any atom is -0.508 e.